The Labute approximate surface area is 130 Å². The van der Waals surface area contributed by atoms with Gasteiger partial charge in [-0.15, -0.1) is 0 Å². The van der Waals surface area contributed by atoms with Gasteiger partial charge in [-0.25, -0.2) is 4.39 Å². The highest BCUT2D eigenvalue weighted by Gasteiger charge is 2.25. The number of benzene rings is 2. The van der Waals surface area contributed by atoms with Crippen molar-refractivity contribution in [1.82, 2.24) is 0 Å². The summed E-state index contributed by atoms with van der Waals surface area (Å²) in [7, 11) is 0. The van der Waals surface area contributed by atoms with Gasteiger partial charge in [-0.2, -0.15) is 0 Å². The molecule has 0 aliphatic rings. The third-order valence-electron chi connectivity index (χ3n) is 3.22. The summed E-state index contributed by atoms with van der Waals surface area (Å²) in [4.78, 5) is 0. The molecule has 0 bridgehead atoms. The monoisotopic (exact) mass is 357 g/mol. The molecule has 0 radical (unpaired) electrons. The molecule has 0 amide bonds. The van der Waals surface area contributed by atoms with E-state index in [1.807, 2.05) is 24.3 Å². The smallest absolute Gasteiger partial charge is 0.129 e. The number of hydrogen-bond acceptors (Lipinski definition) is 2. The second-order valence-electron chi connectivity index (χ2n) is 4.47. The summed E-state index contributed by atoms with van der Waals surface area (Å²) < 4.78 is 14.7. The summed E-state index contributed by atoms with van der Waals surface area (Å²) in [6.07, 6.45) is -1.06. The highest BCUT2D eigenvalue weighted by molar-refractivity contribution is 9.10. The molecular weight excluding hydrogens is 345 g/mol. The van der Waals surface area contributed by atoms with E-state index < -0.39 is 17.8 Å². The summed E-state index contributed by atoms with van der Waals surface area (Å²) in [5.41, 5.74) is 6.76. The molecule has 0 heterocycles. The first kappa shape index (κ1) is 15.4. The molecule has 3 N–H and O–H groups in total. The Morgan fingerprint density at radius 2 is 1.90 bits per heavy atom. The van der Waals surface area contributed by atoms with Gasteiger partial charge in [0.25, 0.3) is 0 Å². The van der Waals surface area contributed by atoms with Crippen LogP contribution in [0.4, 0.5) is 4.39 Å². The van der Waals surface area contributed by atoms with Crippen molar-refractivity contribution < 1.29 is 9.50 Å². The van der Waals surface area contributed by atoms with Crippen molar-refractivity contribution in [2.24, 2.45) is 5.73 Å². The second-order valence-corrected chi connectivity index (χ2v) is 5.77. The number of nitrogens with two attached hydrogens (primary N) is 1. The Balaban J connectivity index is 2.41. The lowest BCUT2D eigenvalue weighted by Gasteiger charge is -2.23. The first-order valence-corrected chi connectivity index (χ1v) is 7.29. The van der Waals surface area contributed by atoms with Gasteiger partial charge in [0.15, 0.2) is 0 Å². The first-order valence-electron chi connectivity index (χ1n) is 6.12. The molecule has 0 aliphatic heterocycles. The Bertz CT molecular complexity index is 608. The summed E-state index contributed by atoms with van der Waals surface area (Å²) in [5, 5.41) is 10.8. The average Bonchev–Trinajstić information content (AvgIpc) is 2.44. The lowest BCUT2D eigenvalue weighted by Crippen LogP contribution is -2.21. The minimum absolute atomic E-state index is 0.156. The molecule has 2 unspecified atom stereocenters. The molecule has 2 aromatic carbocycles. The van der Waals surface area contributed by atoms with Gasteiger partial charge in [0, 0.05) is 27.5 Å². The molecule has 0 aromatic heterocycles. The standard InChI is InChI=1S/C15H14BrClFNO/c16-13-4-2-1-3-10(13)12(8-19)15(20)11-7-9(17)5-6-14(11)18/h1-7,12,15,20H,8,19H2. The third-order valence-corrected chi connectivity index (χ3v) is 4.17. The quantitative estimate of drug-likeness (QED) is 0.867. The zero-order valence-electron chi connectivity index (χ0n) is 10.6. The van der Waals surface area contributed by atoms with Crippen LogP contribution in [0.1, 0.15) is 23.1 Å². The van der Waals surface area contributed by atoms with Gasteiger partial charge < -0.3 is 10.8 Å². The summed E-state index contributed by atoms with van der Waals surface area (Å²) in [6, 6.07) is 11.6. The van der Waals surface area contributed by atoms with Gasteiger partial charge in [0.1, 0.15) is 5.82 Å². The largest absolute Gasteiger partial charge is 0.388 e. The second kappa shape index (κ2) is 6.68. The van der Waals surface area contributed by atoms with E-state index in [1.165, 1.54) is 18.2 Å². The maximum absolute atomic E-state index is 13.9. The zero-order valence-corrected chi connectivity index (χ0v) is 12.9. The molecule has 0 saturated carbocycles. The van der Waals surface area contributed by atoms with Crippen molar-refractivity contribution in [3.63, 3.8) is 0 Å². The molecule has 2 nitrogen and oxygen atoms in total. The van der Waals surface area contributed by atoms with E-state index in [9.17, 15) is 9.50 Å². The normalized spacial score (nSPS) is 14.1. The Morgan fingerprint density at radius 1 is 1.20 bits per heavy atom. The molecular formula is C15H14BrClFNO. The Morgan fingerprint density at radius 3 is 2.55 bits per heavy atom. The van der Waals surface area contributed by atoms with Crippen LogP contribution in [0.3, 0.4) is 0 Å². The Hall–Kier alpha value is -0.940. The molecule has 0 fully saturated rings. The molecule has 2 atom stereocenters. The fourth-order valence-corrected chi connectivity index (χ4v) is 2.92. The first-order chi connectivity index (χ1) is 9.54. The number of rotatable bonds is 4. The molecule has 2 aromatic rings. The summed E-state index contributed by atoms with van der Waals surface area (Å²) >= 11 is 9.29. The van der Waals surface area contributed by atoms with E-state index in [-0.39, 0.29) is 12.1 Å². The van der Waals surface area contributed by atoms with Crippen molar-refractivity contribution in [1.29, 1.82) is 0 Å². The fourth-order valence-electron chi connectivity index (χ4n) is 2.16. The van der Waals surface area contributed by atoms with E-state index in [0.717, 1.165) is 10.0 Å². The summed E-state index contributed by atoms with van der Waals surface area (Å²) in [5.74, 6) is -0.911. The van der Waals surface area contributed by atoms with Crippen molar-refractivity contribution in [3.05, 3.63) is 68.9 Å². The number of halogens is 3. The predicted octanol–water partition coefficient (Wildman–Crippen LogP) is 4.02. The van der Waals surface area contributed by atoms with Gasteiger partial charge in [-0.1, -0.05) is 45.7 Å². The molecule has 0 aliphatic carbocycles. The van der Waals surface area contributed by atoms with Crippen LogP contribution in [0, 0.1) is 5.82 Å². The SMILES string of the molecule is NCC(c1ccccc1Br)C(O)c1cc(Cl)ccc1F. The van der Waals surface area contributed by atoms with Crippen molar-refractivity contribution >= 4 is 27.5 Å². The van der Waals surface area contributed by atoms with E-state index in [2.05, 4.69) is 15.9 Å². The molecule has 2 rings (SSSR count). The highest BCUT2D eigenvalue weighted by Crippen LogP contribution is 2.35. The van der Waals surface area contributed by atoms with Crippen LogP contribution in [0.15, 0.2) is 46.9 Å². The van der Waals surface area contributed by atoms with Crippen LogP contribution in [0.5, 0.6) is 0 Å². The maximum atomic E-state index is 13.9. The van der Waals surface area contributed by atoms with E-state index in [0.29, 0.717) is 5.02 Å². The maximum Gasteiger partial charge on any atom is 0.129 e. The minimum atomic E-state index is -1.06. The summed E-state index contributed by atoms with van der Waals surface area (Å²) in [6.45, 7) is 0.190. The van der Waals surface area contributed by atoms with Gasteiger partial charge >= 0.3 is 0 Å². The minimum Gasteiger partial charge on any atom is -0.388 e. The van der Waals surface area contributed by atoms with Gasteiger partial charge in [-0.3, -0.25) is 0 Å². The molecule has 5 heteroatoms. The van der Waals surface area contributed by atoms with Crippen molar-refractivity contribution in [2.45, 2.75) is 12.0 Å². The molecule has 20 heavy (non-hydrogen) atoms. The van der Waals surface area contributed by atoms with Crippen molar-refractivity contribution in [3.8, 4) is 0 Å². The number of aliphatic hydroxyl groups excluding tert-OH is 1. The van der Waals surface area contributed by atoms with Gasteiger partial charge in [0.2, 0.25) is 0 Å². The topological polar surface area (TPSA) is 46.2 Å². The highest BCUT2D eigenvalue weighted by atomic mass is 79.9. The molecule has 106 valence electrons. The molecule has 0 spiro atoms. The van der Waals surface area contributed by atoms with Crippen LogP contribution >= 0.6 is 27.5 Å². The van der Waals surface area contributed by atoms with Crippen molar-refractivity contribution in [2.75, 3.05) is 6.54 Å². The van der Waals surface area contributed by atoms with E-state index in [4.69, 9.17) is 17.3 Å². The van der Waals surface area contributed by atoms with E-state index >= 15 is 0 Å². The fraction of sp³-hybridized carbons (Fsp3) is 0.200. The lowest BCUT2D eigenvalue weighted by atomic mass is 9.89. The number of aliphatic hydroxyl groups is 1. The van der Waals surface area contributed by atoms with Crippen LogP contribution in [-0.4, -0.2) is 11.7 Å². The van der Waals surface area contributed by atoms with Gasteiger partial charge in [0.05, 0.1) is 6.10 Å². The van der Waals surface area contributed by atoms with Gasteiger partial charge in [-0.05, 0) is 29.8 Å². The average molecular weight is 359 g/mol. The van der Waals surface area contributed by atoms with Crippen LogP contribution < -0.4 is 5.73 Å². The lowest BCUT2D eigenvalue weighted by molar-refractivity contribution is 0.143. The van der Waals surface area contributed by atoms with E-state index in [1.54, 1.807) is 0 Å². The van der Waals surface area contributed by atoms with Crippen LogP contribution in [0.25, 0.3) is 0 Å². The third kappa shape index (κ3) is 3.20. The molecule has 0 saturated heterocycles. The number of hydrogen-bond donors (Lipinski definition) is 2. The predicted molar refractivity (Wildman–Crippen MR) is 82.3 cm³/mol. The van der Waals surface area contributed by atoms with Crippen LogP contribution in [0.2, 0.25) is 5.02 Å². The Kier molecular flexibility index (Phi) is 5.16. The zero-order chi connectivity index (χ0) is 14.7. The van der Waals surface area contributed by atoms with Crippen LogP contribution in [-0.2, 0) is 0 Å².